The van der Waals surface area contributed by atoms with Gasteiger partial charge in [-0.05, 0) is 23.5 Å². The molecule has 2 aromatic carbocycles. The van der Waals surface area contributed by atoms with Crippen molar-refractivity contribution in [3.63, 3.8) is 0 Å². The predicted molar refractivity (Wildman–Crippen MR) is 102 cm³/mol. The molecule has 4 rings (SSSR count). The summed E-state index contributed by atoms with van der Waals surface area (Å²) in [5.74, 6) is 0.527. The first-order valence-corrected chi connectivity index (χ1v) is 9.10. The number of rotatable bonds is 3. The monoisotopic (exact) mass is 356 g/mol. The zero-order valence-electron chi connectivity index (χ0n) is 14.9. The second-order valence-corrected chi connectivity index (χ2v) is 7.01. The van der Waals surface area contributed by atoms with Crippen molar-refractivity contribution in [1.82, 2.24) is 0 Å². The van der Waals surface area contributed by atoms with Gasteiger partial charge in [-0.2, -0.15) is 5.26 Å². The summed E-state index contributed by atoms with van der Waals surface area (Å²) in [6.07, 6.45) is 1.61. The Kier molecular flexibility index (Phi) is 4.52. The van der Waals surface area contributed by atoms with Gasteiger partial charge in [-0.15, -0.1) is 0 Å². The molecule has 134 valence electrons. The molecule has 1 aliphatic heterocycles. The van der Waals surface area contributed by atoms with E-state index in [1.165, 1.54) is 0 Å². The van der Waals surface area contributed by atoms with Crippen LogP contribution in [0.4, 0.5) is 0 Å². The lowest BCUT2D eigenvalue weighted by Crippen LogP contribution is -2.31. The van der Waals surface area contributed by atoms with Gasteiger partial charge < -0.3 is 10.5 Å². The number of carbonyl (C=O) groups is 1. The molecule has 0 saturated carbocycles. The molecule has 4 heteroatoms. The van der Waals surface area contributed by atoms with Crippen LogP contribution < -0.4 is 5.73 Å². The number of nitriles is 1. The summed E-state index contributed by atoms with van der Waals surface area (Å²) >= 11 is 0. The molecule has 2 aromatic rings. The Balaban J connectivity index is 1.71. The zero-order chi connectivity index (χ0) is 18.8. The van der Waals surface area contributed by atoms with Crippen LogP contribution in [-0.4, -0.2) is 5.78 Å². The molecular weight excluding hydrogens is 336 g/mol. The maximum Gasteiger partial charge on any atom is 0.204 e. The smallest absolute Gasteiger partial charge is 0.204 e. The van der Waals surface area contributed by atoms with Gasteiger partial charge in [0, 0.05) is 24.3 Å². The number of Topliss-reactive ketones (excluding diaryl/α,β-unsaturated/α-hetero) is 1. The Morgan fingerprint density at radius 2 is 1.70 bits per heavy atom. The van der Waals surface area contributed by atoms with Crippen LogP contribution in [-0.2, 0) is 16.0 Å². The highest BCUT2D eigenvalue weighted by Gasteiger charge is 2.40. The third-order valence-corrected chi connectivity index (χ3v) is 5.33. The van der Waals surface area contributed by atoms with Crippen molar-refractivity contribution in [2.24, 2.45) is 11.7 Å². The molecule has 4 nitrogen and oxygen atoms in total. The minimum absolute atomic E-state index is 0.0475. The topological polar surface area (TPSA) is 76.1 Å². The van der Waals surface area contributed by atoms with E-state index in [4.69, 9.17) is 10.5 Å². The summed E-state index contributed by atoms with van der Waals surface area (Å²) in [5, 5.41) is 9.61. The van der Waals surface area contributed by atoms with Gasteiger partial charge in [0.15, 0.2) is 5.78 Å². The Morgan fingerprint density at radius 1 is 1.04 bits per heavy atom. The highest BCUT2D eigenvalue weighted by molar-refractivity contribution is 5.99. The van der Waals surface area contributed by atoms with Crippen molar-refractivity contribution in [3.05, 3.63) is 94.6 Å². The average molecular weight is 356 g/mol. The van der Waals surface area contributed by atoms with E-state index in [0.717, 1.165) is 11.1 Å². The summed E-state index contributed by atoms with van der Waals surface area (Å²) in [4.78, 5) is 13.1. The van der Waals surface area contributed by atoms with Crippen molar-refractivity contribution in [3.8, 4) is 6.07 Å². The lowest BCUT2D eigenvalue weighted by molar-refractivity contribution is -0.117. The molecule has 0 amide bonds. The molecule has 2 N–H and O–H groups in total. The van der Waals surface area contributed by atoms with Crippen molar-refractivity contribution in [2.75, 3.05) is 0 Å². The summed E-state index contributed by atoms with van der Waals surface area (Å²) < 4.78 is 5.78. The molecule has 2 atom stereocenters. The van der Waals surface area contributed by atoms with Crippen LogP contribution in [0.1, 0.15) is 29.9 Å². The molecule has 0 bridgehead atoms. The van der Waals surface area contributed by atoms with Gasteiger partial charge in [-0.3, -0.25) is 4.79 Å². The van der Waals surface area contributed by atoms with Crippen LogP contribution in [0.5, 0.6) is 0 Å². The van der Waals surface area contributed by atoms with Gasteiger partial charge in [-0.1, -0.05) is 60.7 Å². The maximum atomic E-state index is 13.1. The number of ketones is 1. The van der Waals surface area contributed by atoms with Crippen molar-refractivity contribution in [2.45, 2.75) is 25.2 Å². The lowest BCUT2D eigenvalue weighted by Gasteiger charge is -2.34. The Labute approximate surface area is 158 Å². The summed E-state index contributed by atoms with van der Waals surface area (Å²) in [6.45, 7) is 0. The van der Waals surface area contributed by atoms with Crippen LogP contribution in [0.25, 0.3) is 0 Å². The van der Waals surface area contributed by atoms with Crippen molar-refractivity contribution >= 4 is 5.78 Å². The van der Waals surface area contributed by atoms with E-state index in [1.54, 1.807) is 0 Å². The summed E-state index contributed by atoms with van der Waals surface area (Å²) in [7, 11) is 0. The van der Waals surface area contributed by atoms with Crippen LogP contribution in [0, 0.1) is 17.2 Å². The molecule has 2 unspecified atom stereocenters. The second-order valence-electron chi connectivity index (χ2n) is 7.01. The first-order chi connectivity index (χ1) is 13.2. The van der Waals surface area contributed by atoms with E-state index in [-0.39, 0.29) is 23.5 Å². The van der Waals surface area contributed by atoms with E-state index in [2.05, 4.69) is 6.07 Å². The maximum absolute atomic E-state index is 13.1. The predicted octanol–water partition coefficient (Wildman–Crippen LogP) is 3.97. The molecular formula is C23H20N2O2. The van der Waals surface area contributed by atoms with Crippen LogP contribution in [0.3, 0.4) is 0 Å². The third-order valence-electron chi connectivity index (χ3n) is 5.33. The lowest BCUT2D eigenvalue weighted by atomic mass is 9.74. The minimum atomic E-state index is -0.342. The van der Waals surface area contributed by atoms with Gasteiger partial charge in [0.1, 0.15) is 11.8 Å². The van der Waals surface area contributed by atoms with Gasteiger partial charge in [0.05, 0.1) is 5.57 Å². The van der Waals surface area contributed by atoms with Crippen molar-refractivity contribution in [1.29, 1.82) is 5.26 Å². The van der Waals surface area contributed by atoms with Crippen LogP contribution >= 0.6 is 0 Å². The average Bonchev–Trinajstić information content (AvgIpc) is 2.69. The van der Waals surface area contributed by atoms with Crippen LogP contribution in [0.2, 0.25) is 0 Å². The fourth-order valence-corrected chi connectivity index (χ4v) is 4.03. The molecule has 1 aliphatic carbocycles. The second kappa shape index (κ2) is 7.13. The van der Waals surface area contributed by atoms with Crippen molar-refractivity contribution < 1.29 is 9.53 Å². The quantitative estimate of drug-likeness (QED) is 0.903. The third kappa shape index (κ3) is 3.24. The normalized spacial score (nSPS) is 22.1. The zero-order valence-corrected chi connectivity index (χ0v) is 14.9. The van der Waals surface area contributed by atoms with E-state index in [1.807, 2.05) is 60.7 Å². The fourth-order valence-electron chi connectivity index (χ4n) is 4.03. The molecule has 0 fully saturated rings. The fraction of sp³-hybridized carbons (Fsp3) is 0.217. The highest BCUT2D eigenvalue weighted by atomic mass is 16.5. The van der Waals surface area contributed by atoms with E-state index in [0.29, 0.717) is 36.2 Å². The van der Waals surface area contributed by atoms with Gasteiger partial charge in [0.2, 0.25) is 5.88 Å². The number of hydrogen-bond acceptors (Lipinski definition) is 4. The molecule has 0 spiro atoms. The number of carbonyl (C=O) groups excluding carboxylic acids is 1. The number of nitrogens with two attached hydrogens (primary N) is 1. The Morgan fingerprint density at radius 3 is 2.37 bits per heavy atom. The number of allylic oxidation sites excluding steroid dienone is 3. The SMILES string of the molecule is N#CC1=C(N)OC2=C(C(=O)CC(c3ccccc3)C2)C1Cc1ccccc1. The Bertz CT molecular complexity index is 968. The summed E-state index contributed by atoms with van der Waals surface area (Å²) in [6, 6.07) is 22.0. The van der Waals surface area contributed by atoms with E-state index in [9.17, 15) is 10.1 Å². The highest BCUT2D eigenvalue weighted by Crippen LogP contribution is 2.43. The van der Waals surface area contributed by atoms with Gasteiger partial charge in [-0.25, -0.2) is 0 Å². The number of ether oxygens (including phenoxy) is 1. The molecule has 1 heterocycles. The van der Waals surface area contributed by atoms with Gasteiger partial charge in [0.25, 0.3) is 0 Å². The molecule has 0 radical (unpaired) electrons. The van der Waals surface area contributed by atoms with E-state index >= 15 is 0 Å². The molecule has 27 heavy (non-hydrogen) atoms. The summed E-state index contributed by atoms with van der Waals surface area (Å²) in [5.41, 5.74) is 9.22. The molecule has 0 saturated heterocycles. The first-order valence-electron chi connectivity index (χ1n) is 9.10. The number of benzene rings is 2. The number of hydrogen-bond donors (Lipinski definition) is 1. The standard InChI is InChI=1S/C23H20N2O2/c24-14-19-18(11-15-7-3-1-4-8-15)22-20(26)12-17(13-21(22)27-23(19)25)16-9-5-2-6-10-16/h1-10,17-18H,11-13,25H2. The molecule has 0 aromatic heterocycles. The molecule has 2 aliphatic rings. The minimum Gasteiger partial charge on any atom is -0.444 e. The van der Waals surface area contributed by atoms with Gasteiger partial charge >= 0.3 is 0 Å². The number of nitrogens with zero attached hydrogens (tertiary/aromatic N) is 1. The van der Waals surface area contributed by atoms with E-state index < -0.39 is 0 Å². The largest absolute Gasteiger partial charge is 0.444 e. The Hall–Kier alpha value is -3.32. The van der Waals surface area contributed by atoms with Crippen LogP contribution in [0.15, 0.2) is 83.5 Å². The first kappa shape index (κ1) is 17.1.